The molecule has 0 bridgehead atoms. The normalized spacial score (nSPS) is 47.2. The van der Waals surface area contributed by atoms with E-state index in [-0.39, 0.29) is 0 Å². The maximum atomic E-state index is 7.14. The minimum absolute atomic E-state index is 0.403. The molecule has 12 unspecified atom stereocenters. The van der Waals surface area contributed by atoms with Crippen molar-refractivity contribution in [2.45, 2.75) is 197 Å². The van der Waals surface area contributed by atoms with E-state index in [1.807, 2.05) is 0 Å². The summed E-state index contributed by atoms with van der Waals surface area (Å²) in [6.45, 7) is 8.48. The van der Waals surface area contributed by atoms with Crippen molar-refractivity contribution in [1.29, 1.82) is 0 Å². The molecule has 240 valence electrons. The minimum atomic E-state index is -2.39. The van der Waals surface area contributed by atoms with Gasteiger partial charge >= 0.3 is 276 Å². The summed E-state index contributed by atoms with van der Waals surface area (Å²) in [5, 5.41) is 0. The Labute approximate surface area is 274 Å². The second-order valence-electron chi connectivity index (χ2n) is 16.1. The predicted molar refractivity (Wildman–Crippen MR) is 171 cm³/mol. The van der Waals surface area contributed by atoms with Gasteiger partial charge in [0.25, 0.3) is 0 Å². The maximum absolute atomic E-state index is 7.14. The average Bonchev–Trinajstić information content (AvgIpc) is 3.58. The molecule has 4 aliphatic heterocycles. The van der Waals surface area contributed by atoms with Crippen molar-refractivity contribution in [3.05, 3.63) is 0 Å². The molecule has 0 aromatic rings. The van der Waals surface area contributed by atoms with Gasteiger partial charge in [-0.05, 0) is 0 Å². The molecule has 9 heteroatoms. The first-order valence-corrected chi connectivity index (χ1v) is 25.1. The van der Waals surface area contributed by atoms with Gasteiger partial charge in [0.15, 0.2) is 0 Å². The zero-order chi connectivity index (χ0) is 29.1. The molecule has 7 nitrogen and oxygen atoms in total. The van der Waals surface area contributed by atoms with Crippen molar-refractivity contribution in [3.8, 4) is 0 Å². The van der Waals surface area contributed by atoms with Crippen LogP contribution >= 0.6 is 0 Å². The molecular formula is C34H59Ga2N3O4. The summed E-state index contributed by atoms with van der Waals surface area (Å²) in [4.78, 5) is 2.90. The van der Waals surface area contributed by atoms with Crippen LogP contribution in [-0.2, 0) is 14.1 Å². The SMILES string of the molecule is CCN(C1CCCC([O][Ga]2[O]C3CCCC4CCC(C)[N]2C43)C1)C1CCCC([O][Ga]2[O]C3CCCC4CCC(C)[N]2C43)C1. The molecule has 8 rings (SSSR count). The van der Waals surface area contributed by atoms with E-state index in [9.17, 15) is 0 Å². The summed E-state index contributed by atoms with van der Waals surface area (Å²) in [5.74, 6) is 1.74. The number of hydrogen-bond acceptors (Lipinski definition) is 7. The van der Waals surface area contributed by atoms with Gasteiger partial charge in [0.1, 0.15) is 0 Å². The van der Waals surface area contributed by atoms with Gasteiger partial charge in [-0.3, -0.25) is 0 Å². The van der Waals surface area contributed by atoms with Crippen molar-refractivity contribution in [2.24, 2.45) is 11.8 Å². The summed E-state index contributed by atoms with van der Waals surface area (Å²) in [7, 11) is 0. The van der Waals surface area contributed by atoms with Gasteiger partial charge in [-0.1, -0.05) is 0 Å². The van der Waals surface area contributed by atoms with Gasteiger partial charge < -0.3 is 0 Å². The van der Waals surface area contributed by atoms with Crippen molar-refractivity contribution in [3.63, 3.8) is 0 Å². The molecule has 43 heavy (non-hydrogen) atoms. The Balaban J connectivity index is 0.893. The van der Waals surface area contributed by atoms with E-state index in [0.717, 1.165) is 18.4 Å². The molecule has 8 fully saturated rings. The van der Waals surface area contributed by atoms with Crippen LogP contribution in [0.1, 0.15) is 136 Å². The van der Waals surface area contributed by atoms with Crippen LogP contribution in [0.15, 0.2) is 0 Å². The van der Waals surface area contributed by atoms with Gasteiger partial charge in [-0.15, -0.1) is 0 Å². The Kier molecular flexibility index (Phi) is 9.80. The zero-order valence-electron chi connectivity index (χ0n) is 27.5. The monoisotopic (exact) mass is 711 g/mol. The molecule has 0 aromatic heterocycles. The average molecular weight is 713 g/mol. The zero-order valence-corrected chi connectivity index (χ0v) is 32.3. The van der Waals surface area contributed by atoms with Crippen LogP contribution in [0.3, 0.4) is 0 Å². The first-order valence-electron chi connectivity index (χ1n) is 19.0. The van der Waals surface area contributed by atoms with Crippen LogP contribution in [0, 0.1) is 11.8 Å². The summed E-state index contributed by atoms with van der Waals surface area (Å²) >= 11 is -4.78. The third kappa shape index (κ3) is 6.08. The summed E-state index contributed by atoms with van der Waals surface area (Å²) in [6, 6.07) is 4.00. The quantitative estimate of drug-likeness (QED) is 0.299. The van der Waals surface area contributed by atoms with Crippen molar-refractivity contribution < 1.29 is 14.1 Å². The third-order valence-electron chi connectivity index (χ3n) is 13.7. The second-order valence-corrected chi connectivity index (χ2v) is 23.4. The third-order valence-corrected chi connectivity index (χ3v) is 24.3. The van der Waals surface area contributed by atoms with Crippen molar-refractivity contribution in [2.75, 3.05) is 6.54 Å². The van der Waals surface area contributed by atoms with Crippen LogP contribution in [0.2, 0.25) is 0 Å². The Morgan fingerprint density at radius 2 is 1.07 bits per heavy atom. The predicted octanol–water partition coefficient (Wildman–Crippen LogP) is 6.04. The molecule has 0 radical (unpaired) electrons. The van der Waals surface area contributed by atoms with Gasteiger partial charge in [0.05, 0.1) is 0 Å². The van der Waals surface area contributed by atoms with Crippen LogP contribution < -0.4 is 0 Å². The van der Waals surface area contributed by atoms with Crippen molar-refractivity contribution >= 4 is 34.4 Å². The first-order chi connectivity index (χ1) is 21.1. The number of nitrogens with zero attached hydrogens (tertiary/aromatic N) is 3. The van der Waals surface area contributed by atoms with E-state index in [0.29, 0.717) is 60.7 Å². The summed E-state index contributed by atoms with van der Waals surface area (Å²) in [5.41, 5.74) is 0. The Morgan fingerprint density at radius 1 is 0.605 bits per heavy atom. The fourth-order valence-corrected chi connectivity index (χ4v) is 23.4. The first kappa shape index (κ1) is 31.3. The van der Waals surface area contributed by atoms with E-state index in [2.05, 4.69) is 32.9 Å². The Hall–Kier alpha value is 0.993. The van der Waals surface area contributed by atoms with Gasteiger partial charge in [0.2, 0.25) is 0 Å². The fourth-order valence-electron chi connectivity index (χ4n) is 11.6. The van der Waals surface area contributed by atoms with E-state index in [4.69, 9.17) is 14.1 Å². The van der Waals surface area contributed by atoms with Crippen LogP contribution in [0.4, 0.5) is 0 Å². The van der Waals surface area contributed by atoms with Gasteiger partial charge in [0, 0.05) is 0 Å². The van der Waals surface area contributed by atoms with Crippen molar-refractivity contribution in [1.82, 2.24) is 12.1 Å². The fraction of sp³-hybridized carbons (Fsp3) is 1.00. The molecule has 4 aliphatic carbocycles. The number of piperidine rings is 2. The molecule has 0 N–H and O–H groups in total. The molecule has 0 amide bonds. The van der Waals surface area contributed by atoms with Crippen LogP contribution in [-0.4, -0.2) is 114 Å². The molecule has 8 aliphatic rings. The van der Waals surface area contributed by atoms with Crippen LogP contribution in [0.25, 0.3) is 0 Å². The standard InChI is InChI=1S/C14H25NO2.2C10H17NO.2Ga/c1-2-15(11-5-3-7-13(16)9-11)12-6-4-8-14(17)10-12;2*1-7-5-6-8-3-2-4-9(12)10(8)11-7;;/h11-14H,2-10H2,1H3;2*7-10H,2-6H2,1H3;;/q3*-2;2*+3. The second kappa shape index (κ2) is 13.5. The van der Waals surface area contributed by atoms with Gasteiger partial charge in [-0.25, -0.2) is 0 Å². The Morgan fingerprint density at radius 3 is 1.53 bits per heavy atom. The van der Waals surface area contributed by atoms with E-state index in [1.54, 1.807) is 0 Å². The summed E-state index contributed by atoms with van der Waals surface area (Å²) in [6.07, 6.45) is 25.6. The molecular weight excluding hydrogens is 654 g/mol. The van der Waals surface area contributed by atoms with E-state index < -0.39 is 34.4 Å². The molecule has 0 aromatic carbocycles. The van der Waals surface area contributed by atoms with Gasteiger partial charge in [-0.2, -0.15) is 0 Å². The Bertz CT molecular complexity index is 893. The van der Waals surface area contributed by atoms with Crippen LogP contribution in [0.5, 0.6) is 0 Å². The van der Waals surface area contributed by atoms with E-state index in [1.165, 1.54) is 116 Å². The molecule has 0 spiro atoms. The molecule has 4 saturated carbocycles. The topological polar surface area (TPSA) is 46.6 Å². The number of hydrogen-bond donors (Lipinski definition) is 0. The molecule has 4 saturated heterocycles. The number of rotatable bonds is 7. The van der Waals surface area contributed by atoms with E-state index >= 15 is 0 Å². The summed E-state index contributed by atoms with van der Waals surface area (Å²) < 4.78 is 33.8. The molecule has 12 atom stereocenters. The molecule has 4 heterocycles.